The Morgan fingerprint density at radius 3 is 2.50 bits per heavy atom. The van der Waals surface area contributed by atoms with Gasteiger partial charge in [0.15, 0.2) is 15.7 Å². The summed E-state index contributed by atoms with van der Waals surface area (Å²) in [7, 11) is -2.00. The molecule has 1 aliphatic carbocycles. The van der Waals surface area contributed by atoms with Gasteiger partial charge in [-0.05, 0) is 56.9 Å². The Morgan fingerprint density at radius 1 is 1.11 bits per heavy atom. The number of methoxy groups -OCH3 is 1. The van der Waals surface area contributed by atoms with Crippen LogP contribution < -0.4 is 25.6 Å². The Kier molecular flexibility index (Phi) is 9.62. The number of aromatic nitrogens is 2. The fourth-order valence-corrected chi connectivity index (χ4v) is 6.39. The molecule has 5 rings (SSSR count). The molecule has 1 amide bonds. The highest BCUT2D eigenvalue weighted by Gasteiger charge is 2.28. The highest BCUT2D eigenvalue weighted by atomic mass is 35.5. The van der Waals surface area contributed by atoms with Crippen molar-refractivity contribution in [1.82, 2.24) is 14.9 Å². The third-order valence-electron chi connectivity index (χ3n) is 7.75. The number of amides is 1. The van der Waals surface area contributed by atoms with Crippen LogP contribution in [0.25, 0.3) is 0 Å². The maximum atomic E-state index is 13.0. The summed E-state index contributed by atoms with van der Waals surface area (Å²) >= 11 is 6.43. The van der Waals surface area contributed by atoms with E-state index in [0.29, 0.717) is 22.8 Å². The number of para-hydroxylation sites is 1. The molecule has 2 fully saturated rings. The van der Waals surface area contributed by atoms with Gasteiger partial charge in [0.05, 0.1) is 46.2 Å². The van der Waals surface area contributed by atoms with Crippen LogP contribution in [0.1, 0.15) is 26.7 Å². The van der Waals surface area contributed by atoms with Crippen molar-refractivity contribution in [3.63, 3.8) is 0 Å². The molecule has 1 aliphatic heterocycles. The summed E-state index contributed by atoms with van der Waals surface area (Å²) in [5.74, 6) is 1.43. The number of carbonyl (C=O) groups excluding carboxylic acids is 1. The minimum atomic E-state index is -3.57. The van der Waals surface area contributed by atoms with Crippen LogP contribution in [0.15, 0.2) is 60.1 Å². The second-order valence-electron chi connectivity index (χ2n) is 11.2. The summed E-state index contributed by atoms with van der Waals surface area (Å²) in [6.07, 6.45) is 5.30. The molecule has 0 radical (unpaired) electrons. The molecule has 2 heterocycles. The SMILES string of the molecule is C=CC(=O)Nc1cc(Nc2ncc(Cl)c(Nc3ccccc3S(=O)(=O)C(C)C)n2)c(OC)cc1N1CCN(CC2CC2)CC1. The van der Waals surface area contributed by atoms with Crippen LogP contribution in [0, 0.1) is 5.92 Å². The van der Waals surface area contributed by atoms with Gasteiger partial charge in [-0.25, -0.2) is 13.4 Å². The van der Waals surface area contributed by atoms with Crippen LogP contribution in [0.3, 0.4) is 0 Å². The summed E-state index contributed by atoms with van der Waals surface area (Å²) in [6, 6.07) is 10.3. The molecule has 11 nitrogen and oxygen atoms in total. The van der Waals surface area contributed by atoms with E-state index in [4.69, 9.17) is 16.3 Å². The zero-order valence-electron chi connectivity index (χ0n) is 25.1. The number of benzene rings is 2. The quantitative estimate of drug-likeness (QED) is 0.220. The molecule has 0 spiro atoms. The average Bonchev–Trinajstić information content (AvgIpc) is 3.83. The topological polar surface area (TPSA) is 129 Å². The molecule has 1 saturated heterocycles. The number of piperazine rings is 1. The second kappa shape index (κ2) is 13.4. The number of halogens is 1. The number of nitrogens with one attached hydrogen (secondary N) is 3. The van der Waals surface area contributed by atoms with E-state index < -0.39 is 15.1 Å². The maximum absolute atomic E-state index is 13.0. The highest BCUT2D eigenvalue weighted by molar-refractivity contribution is 7.92. The highest BCUT2D eigenvalue weighted by Crippen LogP contribution is 2.39. The molecule has 0 atom stereocenters. The van der Waals surface area contributed by atoms with Gasteiger partial charge in [0.2, 0.25) is 11.9 Å². The van der Waals surface area contributed by atoms with Crippen LogP contribution in [-0.4, -0.2) is 74.3 Å². The lowest BCUT2D eigenvalue weighted by Crippen LogP contribution is -2.47. The van der Waals surface area contributed by atoms with Crippen LogP contribution >= 0.6 is 11.6 Å². The van der Waals surface area contributed by atoms with Crippen molar-refractivity contribution in [3.05, 3.63) is 60.3 Å². The van der Waals surface area contributed by atoms with Crippen molar-refractivity contribution >= 4 is 61.9 Å². The zero-order valence-corrected chi connectivity index (χ0v) is 26.7. The van der Waals surface area contributed by atoms with Gasteiger partial charge < -0.3 is 25.6 Å². The molecule has 13 heteroatoms. The molecule has 3 N–H and O–H groups in total. The van der Waals surface area contributed by atoms with Crippen LogP contribution in [-0.2, 0) is 14.6 Å². The number of carbonyl (C=O) groups is 1. The molecule has 0 unspecified atom stereocenters. The van der Waals surface area contributed by atoms with Crippen LogP contribution in [0.2, 0.25) is 5.02 Å². The normalized spacial score (nSPS) is 15.6. The van der Waals surface area contributed by atoms with Crippen molar-refractivity contribution in [3.8, 4) is 5.75 Å². The Labute approximate surface area is 263 Å². The second-order valence-corrected chi connectivity index (χ2v) is 14.1. The van der Waals surface area contributed by atoms with Crippen LogP contribution in [0.4, 0.5) is 34.5 Å². The molecule has 3 aromatic rings. The van der Waals surface area contributed by atoms with Crippen molar-refractivity contribution in [2.45, 2.75) is 36.8 Å². The van der Waals surface area contributed by atoms with E-state index in [0.717, 1.165) is 44.3 Å². The van der Waals surface area contributed by atoms with Gasteiger partial charge in [-0.15, -0.1) is 0 Å². The summed E-state index contributed by atoms with van der Waals surface area (Å²) in [5.41, 5.74) is 2.30. The fraction of sp³-hybridized carbons (Fsp3) is 0.387. The zero-order chi connectivity index (χ0) is 31.4. The molecule has 1 aromatic heterocycles. The molecule has 1 saturated carbocycles. The number of sulfone groups is 1. The van der Waals surface area contributed by atoms with E-state index >= 15 is 0 Å². The number of ether oxygens (including phenoxy) is 1. The predicted molar refractivity (Wildman–Crippen MR) is 176 cm³/mol. The molecular formula is C31H38ClN7O4S. The first-order valence-corrected chi connectivity index (χ1v) is 16.5. The lowest BCUT2D eigenvalue weighted by molar-refractivity contribution is -0.111. The van der Waals surface area contributed by atoms with Crippen molar-refractivity contribution in [2.75, 3.05) is 60.7 Å². The lowest BCUT2D eigenvalue weighted by Gasteiger charge is -2.37. The van der Waals surface area contributed by atoms with Crippen molar-refractivity contribution in [1.29, 1.82) is 0 Å². The third-order valence-corrected chi connectivity index (χ3v) is 10.2. The fourth-order valence-electron chi connectivity index (χ4n) is 5.05. The molecule has 2 aromatic carbocycles. The van der Waals surface area contributed by atoms with Crippen molar-refractivity contribution in [2.24, 2.45) is 5.92 Å². The minimum Gasteiger partial charge on any atom is -0.494 e. The Morgan fingerprint density at radius 2 is 1.84 bits per heavy atom. The third kappa shape index (κ3) is 7.25. The van der Waals surface area contributed by atoms with E-state index in [9.17, 15) is 13.2 Å². The summed E-state index contributed by atoms with van der Waals surface area (Å²) in [5, 5.41) is 8.76. The number of hydrogen-bond donors (Lipinski definition) is 3. The molecule has 2 aliphatic rings. The number of hydrogen-bond acceptors (Lipinski definition) is 10. The van der Waals surface area contributed by atoms with Gasteiger partial charge in [-0.2, -0.15) is 4.98 Å². The van der Waals surface area contributed by atoms with E-state index in [1.54, 1.807) is 51.3 Å². The summed E-state index contributed by atoms with van der Waals surface area (Å²) in [6.45, 7) is 11.6. The van der Waals surface area contributed by atoms with Gasteiger partial charge in [-0.3, -0.25) is 9.69 Å². The number of rotatable bonds is 12. The Balaban J connectivity index is 1.42. The Hall–Kier alpha value is -3.87. The Bertz CT molecular complexity index is 1640. The first kappa shape index (κ1) is 31.6. The van der Waals surface area contributed by atoms with Crippen LogP contribution in [0.5, 0.6) is 5.75 Å². The monoisotopic (exact) mass is 639 g/mol. The molecular weight excluding hydrogens is 602 g/mol. The maximum Gasteiger partial charge on any atom is 0.247 e. The standard InChI is InChI=1S/C31H38ClN7O4S/c1-5-29(40)34-24-16-25(27(43-4)17-26(24)39-14-12-38(13-15-39)19-21-10-11-21)36-31-33-18-22(32)30(37-31)35-23-8-6-7-9-28(23)44(41,42)20(2)3/h5-9,16-18,20-21H,1,10-15,19H2,2-4H3,(H,34,40)(H2,33,35,36,37). The number of nitrogens with zero attached hydrogens (tertiary/aromatic N) is 4. The minimum absolute atomic E-state index is 0.146. The smallest absolute Gasteiger partial charge is 0.247 e. The van der Waals surface area contributed by atoms with Gasteiger partial charge >= 0.3 is 0 Å². The summed E-state index contributed by atoms with van der Waals surface area (Å²) in [4.78, 5) is 26.2. The van der Waals surface area contributed by atoms with Gasteiger partial charge in [0, 0.05) is 38.8 Å². The van der Waals surface area contributed by atoms with E-state index in [2.05, 4.69) is 42.3 Å². The molecule has 0 bridgehead atoms. The molecule has 234 valence electrons. The van der Waals surface area contributed by atoms with E-state index in [1.165, 1.54) is 25.1 Å². The first-order valence-electron chi connectivity index (χ1n) is 14.6. The predicted octanol–water partition coefficient (Wildman–Crippen LogP) is 5.46. The van der Waals surface area contributed by atoms with E-state index in [1.807, 2.05) is 6.07 Å². The lowest BCUT2D eigenvalue weighted by atomic mass is 10.1. The molecule has 44 heavy (non-hydrogen) atoms. The first-order chi connectivity index (χ1) is 21.1. The summed E-state index contributed by atoms with van der Waals surface area (Å²) < 4.78 is 31.7. The average molecular weight is 640 g/mol. The van der Waals surface area contributed by atoms with Crippen molar-refractivity contribution < 1.29 is 17.9 Å². The van der Waals surface area contributed by atoms with E-state index in [-0.39, 0.29) is 27.6 Å². The van der Waals surface area contributed by atoms with Gasteiger partial charge in [-0.1, -0.05) is 30.3 Å². The van der Waals surface area contributed by atoms with Gasteiger partial charge in [0.1, 0.15) is 10.8 Å². The van der Waals surface area contributed by atoms with Gasteiger partial charge in [0.25, 0.3) is 0 Å². The number of anilines is 6. The largest absolute Gasteiger partial charge is 0.494 e.